The van der Waals surface area contributed by atoms with Gasteiger partial charge in [-0.3, -0.25) is 9.59 Å². The third-order valence-electron chi connectivity index (χ3n) is 3.61. The number of amides is 2. The van der Waals surface area contributed by atoms with Crippen molar-refractivity contribution in [2.75, 3.05) is 11.9 Å². The number of halogens is 3. The summed E-state index contributed by atoms with van der Waals surface area (Å²) >= 11 is 0. The number of nitrogens with one attached hydrogen (secondary N) is 2. The highest BCUT2D eigenvalue weighted by Gasteiger charge is 2.28. The highest BCUT2D eigenvalue weighted by Crippen LogP contribution is 2.17. The summed E-state index contributed by atoms with van der Waals surface area (Å²) in [5.41, 5.74) is -0.685. The van der Waals surface area contributed by atoms with Crippen molar-refractivity contribution in [1.29, 1.82) is 0 Å². The molecule has 0 saturated heterocycles. The van der Waals surface area contributed by atoms with E-state index in [1.165, 1.54) is 44.2 Å². The number of carbonyl (C=O) groups is 2. The van der Waals surface area contributed by atoms with Gasteiger partial charge in [0.15, 0.2) is 6.61 Å². The number of carbonyl (C=O) groups excluding carboxylic acids is 2. The Morgan fingerprint density at radius 3 is 2.50 bits per heavy atom. The molecule has 3 N–H and O–H groups in total. The van der Waals surface area contributed by atoms with Gasteiger partial charge >= 0.3 is 6.18 Å². The standard InChI is InChI=1S/C19H21F3N4O4/c1-11-7-12(8-14(24-11)26-17(28)18(2,3)29)16(27)23-9-13-5-4-6-15(25-13)30-10-19(20,21)22/h4-8,29H,9-10H2,1-3H3,(H,23,27)(H,24,26,28). The zero-order chi connectivity index (χ0) is 22.5. The maximum Gasteiger partial charge on any atom is 0.422 e. The molecule has 0 fully saturated rings. The molecule has 2 amide bonds. The van der Waals surface area contributed by atoms with E-state index in [1.807, 2.05) is 0 Å². The van der Waals surface area contributed by atoms with Gasteiger partial charge in [0.05, 0.1) is 12.2 Å². The second-order valence-corrected chi connectivity index (χ2v) is 6.95. The predicted molar refractivity (Wildman–Crippen MR) is 101 cm³/mol. The predicted octanol–water partition coefficient (Wildman–Crippen LogP) is 2.37. The number of hydrogen-bond donors (Lipinski definition) is 3. The van der Waals surface area contributed by atoms with Crippen molar-refractivity contribution >= 4 is 17.6 Å². The summed E-state index contributed by atoms with van der Waals surface area (Å²) in [6, 6.07) is 7.09. The van der Waals surface area contributed by atoms with Crippen LogP contribution in [0.2, 0.25) is 0 Å². The number of alkyl halides is 3. The summed E-state index contributed by atoms with van der Waals surface area (Å²) in [6.07, 6.45) is -4.48. The molecule has 8 nitrogen and oxygen atoms in total. The number of aliphatic hydroxyl groups is 1. The van der Waals surface area contributed by atoms with Gasteiger partial charge in [0, 0.05) is 17.3 Å². The summed E-state index contributed by atoms with van der Waals surface area (Å²) in [7, 11) is 0. The van der Waals surface area contributed by atoms with Gasteiger partial charge in [0.25, 0.3) is 11.8 Å². The number of hydrogen-bond acceptors (Lipinski definition) is 6. The van der Waals surface area contributed by atoms with Crippen molar-refractivity contribution in [3.05, 3.63) is 47.3 Å². The molecule has 0 radical (unpaired) electrons. The van der Waals surface area contributed by atoms with Gasteiger partial charge in [-0.15, -0.1) is 0 Å². The van der Waals surface area contributed by atoms with Crippen LogP contribution in [0.3, 0.4) is 0 Å². The van der Waals surface area contributed by atoms with Gasteiger partial charge in [-0.1, -0.05) is 6.07 Å². The molecule has 0 saturated carbocycles. The fourth-order valence-corrected chi connectivity index (χ4v) is 2.20. The number of rotatable bonds is 7. The quantitative estimate of drug-likeness (QED) is 0.627. The van der Waals surface area contributed by atoms with Crippen LogP contribution in [-0.2, 0) is 11.3 Å². The van der Waals surface area contributed by atoms with Crippen LogP contribution in [0.4, 0.5) is 19.0 Å². The van der Waals surface area contributed by atoms with Gasteiger partial charge in [0.2, 0.25) is 5.88 Å². The van der Waals surface area contributed by atoms with Gasteiger partial charge < -0.3 is 20.5 Å². The van der Waals surface area contributed by atoms with Gasteiger partial charge in [-0.25, -0.2) is 9.97 Å². The van der Waals surface area contributed by atoms with Crippen molar-refractivity contribution in [3.63, 3.8) is 0 Å². The smallest absolute Gasteiger partial charge is 0.422 e. The molecule has 11 heteroatoms. The summed E-state index contributed by atoms with van der Waals surface area (Å²) in [6.45, 7) is 2.72. The first-order valence-corrected chi connectivity index (χ1v) is 8.80. The molecule has 0 spiro atoms. The monoisotopic (exact) mass is 426 g/mol. The van der Waals surface area contributed by atoms with Crippen LogP contribution in [0.1, 0.15) is 35.6 Å². The Labute approximate surface area is 170 Å². The van der Waals surface area contributed by atoms with E-state index in [-0.39, 0.29) is 23.8 Å². The molecule has 0 aliphatic heterocycles. The van der Waals surface area contributed by atoms with Crippen LogP contribution < -0.4 is 15.4 Å². The molecular weight excluding hydrogens is 405 g/mol. The topological polar surface area (TPSA) is 113 Å². The lowest BCUT2D eigenvalue weighted by atomic mass is 10.1. The largest absolute Gasteiger partial charge is 0.468 e. The number of pyridine rings is 2. The first-order chi connectivity index (χ1) is 13.8. The number of anilines is 1. The van der Waals surface area contributed by atoms with Crippen LogP contribution >= 0.6 is 0 Å². The lowest BCUT2D eigenvalue weighted by molar-refractivity contribution is -0.154. The first kappa shape index (κ1) is 23.1. The van der Waals surface area contributed by atoms with E-state index in [0.29, 0.717) is 11.4 Å². The number of nitrogens with zero attached hydrogens (tertiary/aromatic N) is 2. The number of aryl methyl sites for hydroxylation is 1. The van der Waals surface area contributed by atoms with E-state index in [0.717, 1.165) is 0 Å². The van der Waals surface area contributed by atoms with Crippen LogP contribution in [0.15, 0.2) is 30.3 Å². The molecule has 2 rings (SSSR count). The minimum atomic E-state index is -4.48. The Hall–Kier alpha value is -3.21. The van der Waals surface area contributed by atoms with Crippen molar-refractivity contribution < 1.29 is 32.6 Å². The van der Waals surface area contributed by atoms with Gasteiger partial charge in [0.1, 0.15) is 11.4 Å². The molecule has 0 aliphatic carbocycles. The molecule has 162 valence electrons. The molecule has 2 aromatic rings. The SMILES string of the molecule is Cc1cc(C(=O)NCc2cccc(OCC(F)(F)F)n2)cc(NC(=O)C(C)(C)O)n1. The highest BCUT2D eigenvalue weighted by atomic mass is 19.4. The average molecular weight is 426 g/mol. The Kier molecular flexibility index (Phi) is 6.98. The lowest BCUT2D eigenvalue weighted by Gasteiger charge is -2.16. The summed E-state index contributed by atoms with van der Waals surface area (Å²) < 4.78 is 41.3. The van der Waals surface area contributed by atoms with Gasteiger partial charge in [-0.2, -0.15) is 13.2 Å². The van der Waals surface area contributed by atoms with Crippen LogP contribution in [0.5, 0.6) is 5.88 Å². The number of aromatic nitrogens is 2. The summed E-state index contributed by atoms with van der Waals surface area (Å²) in [5.74, 6) is -1.32. The van der Waals surface area contributed by atoms with Crippen molar-refractivity contribution in [1.82, 2.24) is 15.3 Å². The Bertz CT molecular complexity index is 927. The van der Waals surface area contributed by atoms with Crippen molar-refractivity contribution in [2.24, 2.45) is 0 Å². The average Bonchev–Trinajstić information content (AvgIpc) is 2.63. The zero-order valence-electron chi connectivity index (χ0n) is 16.5. The molecule has 30 heavy (non-hydrogen) atoms. The Morgan fingerprint density at radius 1 is 1.17 bits per heavy atom. The van der Waals surface area contributed by atoms with E-state index in [4.69, 9.17) is 0 Å². The minimum absolute atomic E-state index is 0.0607. The Balaban J connectivity index is 2.04. The summed E-state index contributed by atoms with van der Waals surface area (Å²) in [4.78, 5) is 32.3. The number of ether oxygens (including phenoxy) is 1. The molecule has 2 aromatic heterocycles. The fraction of sp³-hybridized carbons (Fsp3) is 0.368. The first-order valence-electron chi connectivity index (χ1n) is 8.80. The van der Waals surface area contributed by atoms with E-state index < -0.39 is 30.2 Å². The van der Waals surface area contributed by atoms with E-state index in [9.17, 15) is 27.9 Å². The summed E-state index contributed by atoms with van der Waals surface area (Å²) in [5, 5.41) is 14.7. The molecule has 0 atom stereocenters. The third kappa shape index (κ3) is 7.32. The minimum Gasteiger partial charge on any atom is -0.468 e. The molecule has 0 aliphatic rings. The molecular formula is C19H21F3N4O4. The maximum atomic E-state index is 12.4. The molecule has 0 unspecified atom stereocenters. The highest BCUT2D eigenvalue weighted by molar-refractivity contribution is 5.98. The second-order valence-electron chi connectivity index (χ2n) is 6.95. The third-order valence-corrected chi connectivity index (χ3v) is 3.61. The maximum absolute atomic E-state index is 12.4. The molecule has 0 aromatic carbocycles. The zero-order valence-corrected chi connectivity index (χ0v) is 16.5. The fourth-order valence-electron chi connectivity index (χ4n) is 2.20. The van der Waals surface area contributed by atoms with Crippen molar-refractivity contribution in [3.8, 4) is 5.88 Å². The second kappa shape index (κ2) is 9.08. The normalized spacial score (nSPS) is 11.7. The van der Waals surface area contributed by atoms with Crippen LogP contribution in [0, 0.1) is 6.92 Å². The Morgan fingerprint density at radius 2 is 1.87 bits per heavy atom. The molecule has 0 bridgehead atoms. The van der Waals surface area contributed by atoms with E-state index in [2.05, 4.69) is 25.3 Å². The van der Waals surface area contributed by atoms with Gasteiger partial charge in [-0.05, 0) is 39.0 Å². The van der Waals surface area contributed by atoms with Crippen molar-refractivity contribution in [2.45, 2.75) is 39.1 Å². The van der Waals surface area contributed by atoms with Crippen LogP contribution in [-0.4, -0.2) is 45.3 Å². The molecule has 2 heterocycles. The van der Waals surface area contributed by atoms with E-state index >= 15 is 0 Å². The van der Waals surface area contributed by atoms with Crippen LogP contribution in [0.25, 0.3) is 0 Å². The lowest BCUT2D eigenvalue weighted by Crippen LogP contribution is -2.37. The van der Waals surface area contributed by atoms with E-state index in [1.54, 1.807) is 6.92 Å².